The summed E-state index contributed by atoms with van der Waals surface area (Å²) >= 11 is 3.42. The summed E-state index contributed by atoms with van der Waals surface area (Å²) in [6, 6.07) is 10.7. The highest BCUT2D eigenvalue weighted by Gasteiger charge is 2.15. The Morgan fingerprint density at radius 2 is 1.89 bits per heavy atom. The fourth-order valence-electron chi connectivity index (χ4n) is 2.13. The van der Waals surface area contributed by atoms with Crippen LogP contribution in [0.5, 0.6) is 0 Å². The Balaban J connectivity index is 2.35. The number of carbonyl (C=O) groups is 1. The van der Waals surface area contributed by atoms with Crippen molar-refractivity contribution in [3.05, 3.63) is 35.9 Å². The van der Waals surface area contributed by atoms with Crippen LogP contribution in [0.15, 0.2) is 30.3 Å². The molecule has 0 spiro atoms. The monoisotopic (exact) mass is 325 g/mol. The maximum atomic E-state index is 12.2. The molecule has 0 fully saturated rings. The number of nitrogens with zero attached hydrogens (tertiary/aromatic N) is 1. The molecule has 19 heavy (non-hydrogen) atoms. The minimum atomic E-state index is 0.284. The zero-order valence-electron chi connectivity index (χ0n) is 11.9. The van der Waals surface area contributed by atoms with Crippen molar-refractivity contribution < 1.29 is 4.79 Å². The average molecular weight is 326 g/mol. The Labute approximate surface area is 125 Å². The molecule has 0 unspecified atom stereocenters. The van der Waals surface area contributed by atoms with Crippen LogP contribution in [-0.4, -0.2) is 28.7 Å². The van der Waals surface area contributed by atoms with Gasteiger partial charge in [0.25, 0.3) is 0 Å². The second-order valence-electron chi connectivity index (χ2n) is 5.06. The van der Waals surface area contributed by atoms with Gasteiger partial charge in [0.1, 0.15) is 0 Å². The fourth-order valence-corrected chi connectivity index (χ4v) is 2.38. The summed E-state index contributed by atoms with van der Waals surface area (Å²) in [6.07, 6.45) is 3.58. The van der Waals surface area contributed by atoms with Crippen LogP contribution in [0.1, 0.15) is 38.7 Å². The number of hydrogen-bond acceptors (Lipinski definition) is 1. The molecule has 1 aromatic rings. The molecule has 0 radical (unpaired) electrons. The highest BCUT2D eigenvalue weighted by atomic mass is 79.9. The average Bonchev–Trinajstić information content (AvgIpc) is 2.40. The van der Waals surface area contributed by atoms with Gasteiger partial charge in [0.15, 0.2) is 0 Å². The first-order valence-corrected chi connectivity index (χ1v) is 8.16. The predicted molar refractivity (Wildman–Crippen MR) is 84.6 cm³/mol. The van der Waals surface area contributed by atoms with Gasteiger partial charge in [-0.25, -0.2) is 0 Å². The Morgan fingerprint density at radius 3 is 2.47 bits per heavy atom. The van der Waals surface area contributed by atoms with E-state index in [1.165, 1.54) is 5.56 Å². The van der Waals surface area contributed by atoms with Gasteiger partial charge in [-0.3, -0.25) is 4.79 Å². The number of rotatable bonds is 8. The molecule has 1 rings (SSSR count). The standard InChI is InChI=1S/C16H24BrNO/c1-14(2)18(13-7-12-17)16(19)11-6-10-15-8-4-3-5-9-15/h3-5,8-9,14H,6-7,10-13H2,1-2H3. The molecule has 1 aromatic carbocycles. The van der Waals surface area contributed by atoms with E-state index in [9.17, 15) is 4.79 Å². The van der Waals surface area contributed by atoms with E-state index in [1.54, 1.807) is 0 Å². The lowest BCUT2D eigenvalue weighted by atomic mass is 10.1. The van der Waals surface area contributed by atoms with Crippen LogP contribution in [0, 0.1) is 0 Å². The van der Waals surface area contributed by atoms with Crippen molar-refractivity contribution in [3.63, 3.8) is 0 Å². The third kappa shape index (κ3) is 6.24. The van der Waals surface area contributed by atoms with Gasteiger partial charge in [-0.1, -0.05) is 46.3 Å². The zero-order valence-corrected chi connectivity index (χ0v) is 13.5. The molecule has 106 valence electrons. The summed E-state index contributed by atoms with van der Waals surface area (Å²) in [7, 11) is 0. The van der Waals surface area contributed by atoms with Crippen LogP contribution in [-0.2, 0) is 11.2 Å². The smallest absolute Gasteiger partial charge is 0.222 e. The van der Waals surface area contributed by atoms with Gasteiger partial charge in [0, 0.05) is 24.3 Å². The Bertz CT molecular complexity index is 364. The molecule has 1 amide bonds. The maximum Gasteiger partial charge on any atom is 0.222 e. The number of halogens is 1. The molecule has 0 aliphatic carbocycles. The number of benzene rings is 1. The zero-order chi connectivity index (χ0) is 14.1. The molecule has 0 aromatic heterocycles. The minimum absolute atomic E-state index is 0.284. The molecule has 0 aliphatic heterocycles. The molecule has 2 nitrogen and oxygen atoms in total. The predicted octanol–water partition coefficient (Wildman–Crippen LogP) is 4.03. The van der Waals surface area contributed by atoms with Crippen LogP contribution < -0.4 is 0 Å². The summed E-state index contributed by atoms with van der Waals surface area (Å²) in [5.74, 6) is 0.284. The Hall–Kier alpha value is -0.830. The SMILES string of the molecule is CC(C)N(CCCBr)C(=O)CCCc1ccccc1. The number of alkyl halides is 1. The van der Waals surface area contributed by atoms with E-state index in [0.717, 1.165) is 31.1 Å². The third-order valence-corrected chi connectivity index (χ3v) is 3.74. The highest BCUT2D eigenvalue weighted by Crippen LogP contribution is 2.09. The van der Waals surface area contributed by atoms with Crippen LogP contribution in [0.3, 0.4) is 0 Å². The highest BCUT2D eigenvalue weighted by molar-refractivity contribution is 9.09. The first-order valence-electron chi connectivity index (χ1n) is 7.04. The molecule has 0 saturated carbocycles. The molecule has 0 atom stereocenters. The number of carbonyl (C=O) groups excluding carboxylic acids is 1. The van der Waals surface area contributed by atoms with E-state index in [-0.39, 0.29) is 5.91 Å². The summed E-state index contributed by atoms with van der Waals surface area (Å²) in [5.41, 5.74) is 1.31. The minimum Gasteiger partial charge on any atom is -0.340 e. The van der Waals surface area contributed by atoms with Crippen molar-refractivity contribution in [1.82, 2.24) is 4.90 Å². The molecular weight excluding hydrogens is 302 g/mol. The van der Waals surface area contributed by atoms with Crippen LogP contribution >= 0.6 is 15.9 Å². The molecule has 0 saturated heterocycles. The Kier molecular flexibility index (Phi) is 7.80. The van der Waals surface area contributed by atoms with Crippen molar-refractivity contribution in [2.24, 2.45) is 0 Å². The fraction of sp³-hybridized carbons (Fsp3) is 0.562. The van der Waals surface area contributed by atoms with Gasteiger partial charge in [-0.15, -0.1) is 0 Å². The Morgan fingerprint density at radius 1 is 1.21 bits per heavy atom. The molecule has 3 heteroatoms. The van der Waals surface area contributed by atoms with Gasteiger partial charge in [0.2, 0.25) is 5.91 Å². The van der Waals surface area contributed by atoms with Gasteiger partial charge >= 0.3 is 0 Å². The van der Waals surface area contributed by atoms with E-state index in [0.29, 0.717) is 12.5 Å². The first-order chi connectivity index (χ1) is 9.15. The van der Waals surface area contributed by atoms with Crippen LogP contribution in [0.4, 0.5) is 0 Å². The normalized spacial score (nSPS) is 10.7. The topological polar surface area (TPSA) is 20.3 Å². The van der Waals surface area contributed by atoms with Gasteiger partial charge in [0.05, 0.1) is 0 Å². The summed E-state index contributed by atoms with van der Waals surface area (Å²) < 4.78 is 0. The number of amides is 1. The molecular formula is C16H24BrNO. The van der Waals surface area contributed by atoms with Gasteiger partial charge in [-0.05, 0) is 38.7 Å². The van der Waals surface area contributed by atoms with Crippen molar-refractivity contribution in [3.8, 4) is 0 Å². The van der Waals surface area contributed by atoms with E-state index >= 15 is 0 Å². The van der Waals surface area contributed by atoms with Crippen molar-refractivity contribution in [1.29, 1.82) is 0 Å². The summed E-state index contributed by atoms with van der Waals surface area (Å²) in [4.78, 5) is 14.2. The van der Waals surface area contributed by atoms with Crippen LogP contribution in [0.2, 0.25) is 0 Å². The first kappa shape index (κ1) is 16.2. The van der Waals surface area contributed by atoms with E-state index in [1.807, 2.05) is 23.1 Å². The van der Waals surface area contributed by atoms with Crippen LogP contribution in [0.25, 0.3) is 0 Å². The largest absolute Gasteiger partial charge is 0.340 e. The lowest BCUT2D eigenvalue weighted by Crippen LogP contribution is -2.37. The quantitative estimate of drug-likeness (QED) is 0.661. The molecule has 0 bridgehead atoms. The molecule has 0 N–H and O–H groups in total. The van der Waals surface area contributed by atoms with Crippen molar-refractivity contribution in [2.45, 2.75) is 45.6 Å². The lowest BCUT2D eigenvalue weighted by Gasteiger charge is -2.26. The molecule has 0 heterocycles. The van der Waals surface area contributed by atoms with Crippen molar-refractivity contribution >= 4 is 21.8 Å². The van der Waals surface area contributed by atoms with Crippen molar-refractivity contribution in [2.75, 3.05) is 11.9 Å². The summed E-state index contributed by atoms with van der Waals surface area (Å²) in [5, 5.41) is 0.952. The number of hydrogen-bond donors (Lipinski definition) is 0. The summed E-state index contributed by atoms with van der Waals surface area (Å²) in [6.45, 7) is 5.03. The van der Waals surface area contributed by atoms with E-state index in [2.05, 4.69) is 41.9 Å². The van der Waals surface area contributed by atoms with Gasteiger partial charge in [-0.2, -0.15) is 0 Å². The van der Waals surface area contributed by atoms with E-state index in [4.69, 9.17) is 0 Å². The molecule has 0 aliphatic rings. The van der Waals surface area contributed by atoms with E-state index < -0.39 is 0 Å². The third-order valence-electron chi connectivity index (χ3n) is 3.18. The second kappa shape index (κ2) is 9.13. The second-order valence-corrected chi connectivity index (χ2v) is 5.86. The van der Waals surface area contributed by atoms with Gasteiger partial charge < -0.3 is 4.90 Å². The number of aryl methyl sites for hydroxylation is 1. The lowest BCUT2D eigenvalue weighted by molar-refractivity contribution is -0.133. The maximum absolute atomic E-state index is 12.2.